The second-order valence-electron chi connectivity index (χ2n) is 4.36. The third kappa shape index (κ3) is 1.94. The topological polar surface area (TPSA) is 38.0 Å². The van der Waals surface area contributed by atoms with Crippen molar-refractivity contribution >= 4 is 21.4 Å². The normalized spacial score (nSPS) is 13.0. The van der Waals surface area contributed by atoms with E-state index in [0.717, 1.165) is 5.69 Å². The van der Waals surface area contributed by atoms with Crippen molar-refractivity contribution in [2.75, 3.05) is 0 Å². The van der Waals surface area contributed by atoms with Gasteiger partial charge in [-0.15, -0.1) is 11.3 Å². The standard InChI is InChI=1S/C14H14N2OS/c1-16-12(6-7-15-16)13(17)8-10-9-18-14-5-3-2-4-11(10)14/h2-7,9,13,17H,8H2,1H3. The van der Waals surface area contributed by atoms with Gasteiger partial charge in [0.05, 0.1) is 11.8 Å². The van der Waals surface area contributed by atoms with E-state index >= 15 is 0 Å². The van der Waals surface area contributed by atoms with Crippen molar-refractivity contribution in [3.05, 3.63) is 53.2 Å². The summed E-state index contributed by atoms with van der Waals surface area (Å²) in [4.78, 5) is 0. The summed E-state index contributed by atoms with van der Waals surface area (Å²) in [5.41, 5.74) is 2.05. The van der Waals surface area contributed by atoms with Gasteiger partial charge in [0.15, 0.2) is 0 Å². The molecule has 18 heavy (non-hydrogen) atoms. The lowest BCUT2D eigenvalue weighted by Gasteiger charge is -2.10. The number of aliphatic hydroxyl groups is 1. The number of hydrogen-bond acceptors (Lipinski definition) is 3. The van der Waals surface area contributed by atoms with Gasteiger partial charge in [0.25, 0.3) is 0 Å². The van der Waals surface area contributed by atoms with Crippen LogP contribution in [0, 0.1) is 0 Å². The second kappa shape index (κ2) is 4.55. The molecule has 4 heteroatoms. The van der Waals surface area contributed by atoms with Crippen molar-refractivity contribution in [3.8, 4) is 0 Å². The number of rotatable bonds is 3. The molecule has 0 fully saturated rings. The zero-order valence-electron chi connectivity index (χ0n) is 10.1. The maximum Gasteiger partial charge on any atom is 0.0997 e. The molecule has 92 valence electrons. The highest BCUT2D eigenvalue weighted by Gasteiger charge is 2.14. The summed E-state index contributed by atoms with van der Waals surface area (Å²) >= 11 is 1.72. The van der Waals surface area contributed by atoms with E-state index in [0.29, 0.717) is 6.42 Å². The van der Waals surface area contributed by atoms with Crippen LogP contribution in [0.4, 0.5) is 0 Å². The number of aliphatic hydroxyl groups excluding tert-OH is 1. The van der Waals surface area contributed by atoms with E-state index in [1.807, 2.05) is 25.2 Å². The van der Waals surface area contributed by atoms with Gasteiger partial charge in [-0.05, 0) is 28.5 Å². The van der Waals surface area contributed by atoms with Crippen molar-refractivity contribution in [3.63, 3.8) is 0 Å². The zero-order valence-corrected chi connectivity index (χ0v) is 10.9. The first-order valence-electron chi connectivity index (χ1n) is 5.87. The number of nitrogens with zero attached hydrogens (tertiary/aromatic N) is 2. The first kappa shape index (κ1) is 11.4. The first-order chi connectivity index (χ1) is 8.75. The lowest BCUT2D eigenvalue weighted by molar-refractivity contribution is 0.169. The van der Waals surface area contributed by atoms with E-state index in [-0.39, 0.29) is 0 Å². The van der Waals surface area contributed by atoms with Gasteiger partial charge in [-0.3, -0.25) is 4.68 Å². The first-order valence-corrected chi connectivity index (χ1v) is 6.75. The van der Waals surface area contributed by atoms with Crippen molar-refractivity contribution < 1.29 is 5.11 Å². The summed E-state index contributed by atoms with van der Waals surface area (Å²) in [6.07, 6.45) is 1.84. The molecule has 0 bridgehead atoms. The molecule has 3 nitrogen and oxygen atoms in total. The Labute approximate surface area is 109 Å². The van der Waals surface area contributed by atoms with Gasteiger partial charge in [0, 0.05) is 24.4 Å². The highest BCUT2D eigenvalue weighted by molar-refractivity contribution is 7.17. The van der Waals surface area contributed by atoms with Crippen LogP contribution in [0.2, 0.25) is 0 Å². The molecule has 2 heterocycles. The Morgan fingerprint density at radius 3 is 2.94 bits per heavy atom. The van der Waals surface area contributed by atoms with Gasteiger partial charge in [-0.25, -0.2) is 0 Å². The molecule has 0 saturated carbocycles. The van der Waals surface area contributed by atoms with Crippen LogP contribution >= 0.6 is 11.3 Å². The maximum absolute atomic E-state index is 10.3. The van der Waals surface area contributed by atoms with Crippen LogP contribution in [0.5, 0.6) is 0 Å². The zero-order chi connectivity index (χ0) is 12.5. The summed E-state index contributed by atoms with van der Waals surface area (Å²) in [6, 6.07) is 10.2. The van der Waals surface area contributed by atoms with Gasteiger partial charge >= 0.3 is 0 Å². The average Bonchev–Trinajstić information content (AvgIpc) is 2.97. The summed E-state index contributed by atoms with van der Waals surface area (Å²) in [5, 5.41) is 17.7. The van der Waals surface area contributed by atoms with Crippen molar-refractivity contribution in [1.29, 1.82) is 0 Å². The molecule has 1 aromatic carbocycles. The minimum atomic E-state index is -0.504. The Kier molecular flexibility index (Phi) is 2.89. The minimum absolute atomic E-state index is 0.504. The Balaban J connectivity index is 1.91. The molecule has 0 spiro atoms. The van der Waals surface area contributed by atoms with Crippen molar-refractivity contribution in [2.24, 2.45) is 7.05 Å². The number of hydrogen-bond donors (Lipinski definition) is 1. The van der Waals surface area contributed by atoms with Crippen LogP contribution in [-0.2, 0) is 13.5 Å². The van der Waals surface area contributed by atoms with E-state index in [1.54, 1.807) is 22.2 Å². The van der Waals surface area contributed by atoms with Crippen LogP contribution in [0.3, 0.4) is 0 Å². The Hall–Kier alpha value is -1.65. The molecule has 0 aliphatic rings. The minimum Gasteiger partial charge on any atom is -0.386 e. The van der Waals surface area contributed by atoms with Crippen molar-refractivity contribution in [2.45, 2.75) is 12.5 Å². The third-order valence-electron chi connectivity index (χ3n) is 3.17. The Morgan fingerprint density at radius 2 is 2.17 bits per heavy atom. The fourth-order valence-corrected chi connectivity index (χ4v) is 3.19. The van der Waals surface area contributed by atoms with Gasteiger partial charge in [0.1, 0.15) is 0 Å². The Bertz CT molecular complexity index is 671. The monoisotopic (exact) mass is 258 g/mol. The largest absolute Gasteiger partial charge is 0.386 e. The molecule has 0 aliphatic carbocycles. The molecule has 0 saturated heterocycles. The van der Waals surface area contributed by atoms with Gasteiger partial charge in [-0.2, -0.15) is 5.10 Å². The quantitative estimate of drug-likeness (QED) is 0.784. The van der Waals surface area contributed by atoms with Gasteiger partial charge < -0.3 is 5.11 Å². The SMILES string of the molecule is Cn1nccc1C(O)Cc1csc2ccccc12. The molecule has 2 aromatic heterocycles. The van der Waals surface area contributed by atoms with Crippen LogP contribution in [0.25, 0.3) is 10.1 Å². The highest BCUT2D eigenvalue weighted by Crippen LogP contribution is 2.29. The molecule has 0 radical (unpaired) electrons. The van der Waals surface area contributed by atoms with Crippen LogP contribution in [0.1, 0.15) is 17.4 Å². The lowest BCUT2D eigenvalue weighted by atomic mass is 10.0. The molecular weight excluding hydrogens is 244 g/mol. The van der Waals surface area contributed by atoms with Crippen molar-refractivity contribution in [1.82, 2.24) is 9.78 Å². The highest BCUT2D eigenvalue weighted by atomic mass is 32.1. The molecular formula is C14H14N2OS. The number of aromatic nitrogens is 2. The van der Waals surface area contributed by atoms with Gasteiger partial charge in [-0.1, -0.05) is 18.2 Å². The molecule has 1 atom stereocenters. The molecule has 3 aromatic rings. The van der Waals surface area contributed by atoms with Crippen LogP contribution in [0.15, 0.2) is 41.9 Å². The van der Waals surface area contributed by atoms with E-state index in [9.17, 15) is 5.11 Å². The molecule has 0 aliphatic heterocycles. The number of thiophene rings is 1. The molecule has 0 amide bonds. The lowest BCUT2D eigenvalue weighted by Crippen LogP contribution is -2.07. The smallest absolute Gasteiger partial charge is 0.0997 e. The number of aryl methyl sites for hydroxylation is 1. The third-order valence-corrected chi connectivity index (χ3v) is 4.19. The van der Waals surface area contributed by atoms with E-state index in [2.05, 4.69) is 22.6 Å². The molecule has 3 rings (SSSR count). The molecule has 1 unspecified atom stereocenters. The summed E-state index contributed by atoms with van der Waals surface area (Å²) < 4.78 is 2.99. The number of benzene rings is 1. The Morgan fingerprint density at radius 1 is 1.33 bits per heavy atom. The second-order valence-corrected chi connectivity index (χ2v) is 5.27. The summed E-state index contributed by atoms with van der Waals surface area (Å²) in [6.45, 7) is 0. The maximum atomic E-state index is 10.3. The summed E-state index contributed by atoms with van der Waals surface area (Å²) in [7, 11) is 1.85. The predicted molar refractivity (Wildman–Crippen MR) is 73.7 cm³/mol. The van der Waals surface area contributed by atoms with Crippen LogP contribution in [-0.4, -0.2) is 14.9 Å². The summed E-state index contributed by atoms with van der Waals surface area (Å²) in [5.74, 6) is 0. The van der Waals surface area contributed by atoms with E-state index in [4.69, 9.17) is 0 Å². The van der Waals surface area contributed by atoms with Gasteiger partial charge in [0.2, 0.25) is 0 Å². The average molecular weight is 258 g/mol. The van der Waals surface area contributed by atoms with E-state index in [1.165, 1.54) is 15.6 Å². The van der Waals surface area contributed by atoms with E-state index < -0.39 is 6.10 Å². The predicted octanol–water partition coefficient (Wildman–Crippen LogP) is 2.91. The van der Waals surface area contributed by atoms with Crippen LogP contribution < -0.4 is 0 Å². The number of fused-ring (bicyclic) bond motifs is 1. The molecule has 1 N–H and O–H groups in total. The fourth-order valence-electron chi connectivity index (χ4n) is 2.21. The fraction of sp³-hybridized carbons (Fsp3) is 0.214.